The maximum absolute atomic E-state index is 13.0. The summed E-state index contributed by atoms with van der Waals surface area (Å²) >= 11 is 6.22. The van der Waals surface area contributed by atoms with Gasteiger partial charge in [-0.05, 0) is 50.6 Å². The van der Waals surface area contributed by atoms with Crippen molar-refractivity contribution in [2.75, 3.05) is 25.0 Å². The predicted molar refractivity (Wildman–Crippen MR) is 124 cm³/mol. The highest BCUT2D eigenvalue weighted by Crippen LogP contribution is 2.26. The topological polar surface area (TPSA) is 97.6 Å². The zero-order chi connectivity index (χ0) is 23.2. The molecule has 1 unspecified atom stereocenters. The van der Waals surface area contributed by atoms with E-state index >= 15 is 0 Å². The van der Waals surface area contributed by atoms with Crippen molar-refractivity contribution < 1.29 is 18.8 Å². The number of nitrogens with one attached hydrogen (secondary N) is 1. The van der Waals surface area contributed by atoms with Crippen LogP contribution in [-0.4, -0.2) is 46.6 Å². The first-order valence-electron chi connectivity index (χ1n) is 10.9. The molecule has 1 aromatic heterocycles. The Morgan fingerprint density at radius 1 is 1.21 bits per heavy atom. The molecule has 0 bridgehead atoms. The molecular weight excluding hydrogens is 444 g/mol. The number of hydrogen-bond acceptors (Lipinski definition) is 7. The number of anilines is 1. The number of carbonyl (C=O) groups is 2. The molecule has 1 amide bonds. The number of piperidine rings is 1. The molecule has 0 saturated carbocycles. The van der Waals surface area contributed by atoms with Crippen molar-refractivity contribution in [1.82, 2.24) is 15.0 Å². The van der Waals surface area contributed by atoms with Gasteiger partial charge >= 0.3 is 5.97 Å². The van der Waals surface area contributed by atoms with Gasteiger partial charge in [0, 0.05) is 12.1 Å². The first-order chi connectivity index (χ1) is 16.0. The highest BCUT2D eigenvalue weighted by Gasteiger charge is 2.28. The van der Waals surface area contributed by atoms with Gasteiger partial charge in [-0.25, -0.2) is 4.79 Å². The molecule has 3 aromatic rings. The lowest BCUT2D eigenvalue weighted by molar-refractivity contribution is -0.121. The smallest absolute Gasteiger partial charge is 0.340 e. The number of nitrogens with zero attached hydrogens (tertiary/aromatic N) is 3. The fourth-order valence-electron chi connectivity index (χ4n) is 3.89. The van der Waals surface area contributed by atoms with Gasteiger partial charge in [0.25, 0.3) is 0 Å². The lowest BCUT2D eigenvalue weighted by atomic mass is 9.97. The Bertz CT molecular complexity index is 1130. The molecule has 4 rings (SSSR count). The van der Waals surface area contributed by atoms with Crippen LogP contribution in [0.5, 0.6) is 0 Å². The number of para-hydroxylation sites is 1. The number of carbonyl (C=O) groups excluding carboxylic acids is 2. The molecule has 1 saturated heterocycles. The molecule has 1 aliphatic rings. The second-order valence-corrected chi connectivity index (χ2v) is 8.23. The Labute approximate surface area is 196 Å². The molecule has 2 heterocycles. The Hall–Kier alpha value is -3.23. The van der Waals surface area contributed by atoms with Crippen LogP contribution >= 0.6 is 11.6 Å². The monoisotopic (exact) mass is 468 g/mol. The third kappa shape index (κ3) is 5.58. The normalized spacial score (nSPS) is 16.4. The van der Waals surface area contributed by atoms with Crippen molar-refractivity contribution in [1.29, 1.82) is 0 Å². The number of benzene rings is 2. The summed E-state index contributed by atoms with van der Waals surface area (Å²) in [5.41, 5.74) is 1.52. The van der Waals surface area contributed by atoms with Gasteiger partial charge in [-0.2, -0.15) is 4.98 Å². The summed E-state index contributed by atoms with van der Waals surface area (Å²) in [4.78, 5) is 31.7. The van der Waals surface area contributed by atoms with E-state index in [1.807, 2.05) is 18.2 Å². The summed E-state index contributed by atoms with van der Waals surface area (Å²) < 4.78 is 10.5. The quantitative estimate of drug-likeness (QED) is 0.512. The van der Waals surface area contributed by atoms with E-state index in [1.165, 1.54) is 0 Å². The summed E-state index contributed by atoms with van der Waals surface area (Å²) in [7, 11) is 0. The third-order valence-corrected chi connectivity index (χ3v) is 5.83. The standard InChI is InChI=1S/C24H25ClN4O4/c1-2-32-24(31)18-10-4-6-12-20(18)26-23(30)16-8-7-13-29(14-16)15-21-27-22(28-33-21)17-9-3-5-11-19(17)25/h3-6,9-12,16H,2,7-8,13-15H2,1H3,(H,26,30). The van der Waals surface area contributed by atoms with Gasteiger partial charge in [0.05, 0.1) is 35.3 Å². The van der Waals surface area contributed by atoms with Crippen LogP contribution in [0.3, 0.4) is 0 Å². The molecular formula is C24H25ClN4O4. The molecule has 8 nitrogen and oxygen atoms in total. The molecule has 0 aliphatic carbocycles. The summed E-state index contributed by atoms with van der Waals surface area (Å²) in [6.45, 7) is 3.84. The van der Waals surface area contributed by atoms with Gasteiger partial charge in [-0.3, -0.25) is 9.69 Å². The van der Waals surface area contributed by atoms with Gasteiger partial charge in [-0.15, -0.1) is 0 Å². The Kier molecular flexibility index (Phi) is 7.36. The molecule has 0 radical (unpaired) electrons. The van der Waals surface area contributed by atoms with Crippen LogP contribution in [0.2, 0.25) is 5.02 Å². The molecule has 1 aliphatic heterocycles. The minimum atomic E-state index is -0.454. The largest absolute Gasteiger partial charge is 0.462 e. The summed E-state index contributed by atoms with van der Waals surface area (Å²) in [5.74, 6) is 0.110. The minimum Gasteiger partial charge on any atom is -0.462 e. The van der Waals surface area contributed by atoms with Gasteiger partial charge in [-0.1, -0.05) is 41.0 Å². The summed E-state index contributed by atoms with van der Waals surface area (Å²) in [5, 5.41) is 7.51. The van der Waals surface area contributed by atoms with Crippen molar-refractivity contribution in [3.63, 3.8) is 0 Å². The molecule has 1 N–H and O–H groups in total. The number of likely N-dealkylation sites (tertiary alicyclic amines) is 1. The molecule has 2 aromatic carbocycles. The first kappa shape index (κ1) is 22.9. The van der Waals surface area contributed by atoms with Gasteiger partial charge < -0.3 is 14.6 Å². The van der Waals surface area contributed by atoms with Crippen LogP contribution < -0.4 is 5.32 Å². The second kappa shape index (κ2) is 10.6. The SMILES string of the molecule is CCOC(=O)c1ccccc1NC(=O)C1CCCN(Cc2nc(-c3ccccc3Cl)no2)C1. The van der Waals surface area contributed by atoms with Crippen molar-refractivity contribution in [3.8, 4) is 11.4 Å². The lowest BCUT2D eigenvalue weighted by Crippen LogP contribution is -2.40. The lowest BCUT2D eigenvalue weighted by Gasteiger charge is -2.31. The van der Waals surface area contributed by atoms with Crippen LogP contribution in [-0.2, 0) is 16.1 Å². The van der Waals surface area contributed by atoms with Crippen LogP contribution in [0.4, 0.5) is 5.69 Å². The molecule has 33 heavy (non-hydrogen) atoms. The number of halogens is 1. The van der Waals surface area contributed by atoms with Crippen molar-refractivity contribution >= 4 is 29.2 Å². The Balaban J connectivity index is 1.39. The van der Waals surface area contributed by atoms with E-state index in [-0.39, 0.29) is 18.4 Å². The van der Waals surface area contributed by atoms with E-state index in [1.54, 1.807) is 37.3 Å². The number of rotatable bonds is 7. The molecule has 1 fully saturated rings. The minimum absolute atomic E-state index is 0.126. The highest BCUT2D eigenvalue weighted by atomic mass is 35.5. The molecule has 0 spiro atoms. The van der Waals surface area contributed by atoms with E-state index in [0.717, 1.165) is 19.4 Å². The molecule has 172 valence electrons. The van der Waals surface area contributed by atoms with E-state index in [4.69, 9.17) is 20.9 Å². The second-order valence-electron chi connectivity index (χ2n) is 7.82. The van der Waals surface area contributed by atoms with E-state index < -0.39 is 5.97 Å². The van der Waals surface area contributed by atoms with E-state index in [0.29, 0.717) is 46.6 Å². The van der Waals surface area contributed by atoms with Crippen LogP contribution in [0.25, 0.3) is 11.4 Å². The van der Waals surface area contributed by atoms with Crippen LogP contribution in [0.1, 0.15) is 36.0 Å². The van der Waals surface area contributed by atoms with Crippen LogP contribution in [0, 0.1) is 5.92 Å². The van der Waals surface area contributed by atoms with Crippen LogP contribution in [0.15, 0.2) is 53.1 Å². The zero-order valence-corrected chi connectivity index (χ0v) is 19.0. The van der Waals surface area contributed by atoms with E-state index in [9.17, 15) is 9.59 Å². The number of hydrogen-bond donors (Lipinski definition) is 1. The van der Waals surface area contributed by atoms with E-state index in [2.05, 4.69) is 20.4 Å². The fourth-order valence-corrected chi connectivity index (χ4v) is 4.11. The average Bonchev–Trinajstić information content (AvgIpc) is 3.28. The molecule has 9 heteroatoms. The number of amides is 1. The maximum atomic E-state index is 13.0. The van der Waals surface area contributed by atoms with Gasteiger partial charge in [0.15, 0.2) is 0 Å². The van der Waals surface area contributed by atoms with Crippen molar-refractivity contribution in [3.05, 3.63) is 65.0 Å². The average molecular weight is 469 g/mol. The maximum Gasteiger partial charge on any atom is 0.340 e. The summed E-state index contributed by atoms with van der Waals surface area (Å²) in [6, 6.07) is 14.2. The van der Waals surface area contributed by atoms with Crippen molar-refractivity contribution in [2.24, 2.45) is 5.92 Å². The summed E-state index contributed by atoms with van der Waals surface area (Å²) in [6.07, 6.45) is 1.63. The highest BCUT2D eigenvalue weighted by molar-refractivity contribution is 6.33. The zero-order valence-electron chi connectivity index (χ0n) is 18.3. The Morgan fingerprint density at radius 3 is 2.82 bits per heavy atom. The fraction of sp³-hybridized carbons (Fsp3) is 0.333. The van der Waals surface area contributed by atoms with Gasteiger partial charge in [0.2, 0.25) is 17.6 Å². The number of aromatic nitrogens is 2. The van der Waals surface area contributed by atoms with Crippen molar-refractivity contribution in [2.45, 2.75) is 26.3 Å². The Morgan fingerprint density at radius 2 is 2.00 bits per heavy atom. The third-order valence-electron chi connectivity index (χ3n) is 5.50. The number of ether oxygens (including phenoxy) is 1. The number of esters is 1. The molecule has 1 atom stereocenters. The van der Waals surface area contributed by atoms with Gasteiger partial charge in [0.1, 0.15) is 0 Å². The predicted octanol–water partition coefficient (Wildman–Crippen LogP) is 4.42. The first-order valence-corrected chi connectivity index (χ1v) is 11.3.